The molecule has 0 saturated heterocycles. The number of nitrogens with zero attached hydrogens (tertiary/aromatic N) is 1. The Morgan fingerprint density at radius 1 is 1.26 bits per heavy atom. The molecule has 0 aliphatic rings. The van der Waals surface area contributed by atoms with E-state index in [4.69, 9.17) is 5.73 Å². The number of anilines is 1. The lowest BCUT2D eigenvalue weighted by molar-refractivity contribution is 0.507. The summed E-state index contributed by atoms with van der Waals surface area (Å²) >= 11 is 0. The van der Waals surface area contributed by atoms with E-state index in [9.17, 15) is 13.2 Å². The van der Waals surface area contributed by atoms with Gasteiger partial charge in [-0.1, -0.05) is 6.58 Å². The highest BCUT2D eigenvalue weighted by molar-refractivity contribution is 5.86. The summed E-state index contributed by atoms with van der Waals surface area (Å²) in [4.78, 5) is 3.40. The minimum atomic E-state index is -1.06. The highest BCUT2D eigenvalue weighted by Crippen LogP contribution is 2.35. The predicted molar refractivity (Wildman–Crippen MR) is 68.7 cm³/mol. The summed E-state index contributed by atoms with van der Waals surface area (Å²) in [5.74, 6) is -2.83. The van der Waals surface area contributed by atoms with Crippen LogP contribution in [-0.4, -0.2) is 4.98 Å². The third-order valence-corrected chi connectivity index (χ3v) is 2.72. The fourth-order valence-electron chi connectivity index (χ4n) is 1.87. The van der Waals surface area contributed by atoms with Gasteiger partial charge in [0.05, 0.1) is 5.69 Å². The molecule has 2 N–H and O–H groups in total. The van der Waals surface area contributed by atoms with Crippen LogP contribution in [0.1, 0.15) is 12.5 Å². The van der Waals surface area contributed by atoms with Crippen molar-refractivity contribution >= 4 is 11.3 Å². The molecule has 1 heterocycles. The number of benzene rings is 1. The lowest BCUT2D eigenvalue weighted by Crippen LogP contribution is -2.02. The van der Waals surface area contributed by atoms with Crippen molar-refractivity contribution in [3.63, 3.8) is 0 Å². The van der Waals surface area contributed by atoms with E-state index >= 15 is 0 Å². The van der Waals surface area contributed by atoms with Crippen LogP contribution in [0.4, 0.5) is 18.9 Å². The van der Waals surface area contributed by atoms with E-state index in [-0.39, 0.29) is 16.8 Å². The Morgan fingerprint density at radius 2 is 1.95 bits per heavy atom. The minimum absolute atomic E-state index is 0.0250. The fraction of sp³-hybridized carbons (Fsp3) is 0.0714. The molecule has 0 amide bonds. The van der Waals surface area contributed by atoms with Crippen LogP contribution >= 0.6 is 0 Å². The number of allylic oxidation sites excluding steroid dienone is 1. The number of pyridine rings is 1. The number of halogens is 3. The van der Waals surface area contributed by atoms with Gasteiger partial charge in [-0.25, -0.2) is 13.8 Å². The van der Waals surface area contributed by atoms with Gasteiger partial charge in [0.1, 0.15) is 0 Å². The Bertz CT molecular complexity index is 666. The molecule has 0 aliphatic carbocycles. The van der Waals surface area contributed by atoms with Gasteiger partial charge in [-0.2, -0.15) is 4.39 Å². The van der Waals surface area contributed by atoms with E-state index < -0.39 is 17.6 Å². The third-order valence-electron chi connectivity index (χ3n) is 2.72. The molecule has 1 aromatic heterocycles. The average Bonchev–Trinajstić information content (AvgIpc) is 2.33. The highest BCUT2D eigenvalue weighted by atomic mass is 19.2. The van der Waals surface area contributed by atoms with Gasteiger partial charge in [-0.15, -0.1) is 0 Å². The molecule has 0 bridgehead atoms. The summed E-state index contributed by atoms with van der Waals surface area (Å²) < 4.78 is 40.4. The van der Waals surface area contributed by atoms with Crippen molar-refractivity contribution in [2.45, 2.75) is 6.92 Å². The largest absolute Gasteiger partial charge is 0.398 e. The zero-order chi connectivity index (χ0) is 14.2. The maximum Gasteiger partial charge on any atom is 0.213 e. The molecule has 5 heteroatoms. The Hall–Kier alpha value is -2.30. The first kappa shape index (κ1) is 13.1. The number of nitrogen functional groups attached to an aromatic ring is 1. The van der Waals surface area contributed by atoms with E-state index in [1.807, 2.05) is 0 Å². The van der Waals surface area contributed by atoms with Crippen LogP contribution in [0, 0.1) is 17.6 Å². The van der Waals surface area contributed by atoms with Crippen LogP contribution < -0.4 is 5.73 Å². The molecule has 0 fully saturated rings. The molecular formula is C14H11F3N2. The molecule has 2 rings (SSSR count). The fourth-order valence-corrected chi connectivity index (χ4v) is 1.87. The summed E-state index contributed by atoms with van der Waals surface area (Å²) in [6.07, 6.45) is 1.23. The Morgan fingerprint density at radius 3 is 2.53 bits per heavy atom. The second kappa shape index (κ2) is 4.76. The zero-order valence-electron chi connectivity index (χ0n) is 10.2. The molecule has 0 spiro atoms. The molecule has 19 heavy (non-hydrogen) atoms. The highest BCUT2D eigenvalue weighted by Gasteiger charge is 2.18. The molecule has 0 unspecified atom stereocenters. The van der Waals surface area contributed by atoms with E-state index in [1.54, 1.807) is 0 Å². The number of nitrogens with two attached hydrogens (primary N) is 1. The number of rotatable bonds is 2. The molecular weight excluding hydrogens is 253 g/mol. The van der Waals surface area contributed by atoms with Gasteiger partial charge in [0.2, 0.25) is 5.95 Å². The van der Waals surface area contributed by atoms with Crippen LogP contribution in [0.15, 0.2) is 31.0 Å². The first-order valence-electron chi connectivity index (χ1n) is 5.47. The van der Waals surface area contributed by atoms with E-state index in [0.717, 1.165) is 12.1 Å². The first-order chi connectivity index (χ1) is 8.91. The summed E-state index contributed by atoms with van der Waals surface area (Å²) in [7, 11) is 0. The van der Waals surface area contributed by atoms with Gasteiger partial charge in [0.25, 0.3) is 0 Å². The van der Waals surface area contributed by atoms with Crippen molar-refractivity contribution in [1.29, 1.82) is 0 Å². The molecule has 2 aromatic rings. The number of hydrogen-bond donors (Lipinski definition) is 1. The lowest BCUT2D eigenvalue weighted by Gasteiger charge is -2.13. The van der Waals surface area contributed by atoms with Crippen LogP contribution in [0.25, 0.3) is 16.7 Å². The average molecular weight is 264 g/mol. The molecule has 2 nitrogen and oxygen atoms in total. The maximum atomic E-state index is 13.7. The summed E-state index contributed by atoms with van der Waals surface area (Å²) in [6.45, 7) is 5.09. The second-order valence-electron chi connectivity index (χ2n) is 4.16. The lowest BCUT2D eigenvalue weighted by atomic mass is 9.97. The van der Waals surface area contributed by atoms with Crippen molar-refractivity contribution in [2.75, 3.05) is 5.73 Å². The predicted octanol–water partition coefficient (Wildman–Crippen LogP) is 3.78. The Balaban J connectivity index is 2.75. The van der Waals surface area contributed by atoms with Crippen molar-refractivity contribution in [2.24, 2.45) is 0 Å². The van der Waals surface area contributed by atoms with Crippen LogP contribution in [0.5, 0.6) is 0 Å². The number of hydrogen-bond acceptors (Lipinski definition) is 2. The Labute approximate surface area is 108 Å². The van der Waals surface area contributed by atoms with Crippen molar-refractivity contribution in [3.05, 3.63) is 54.1 Å². The number of aromatic nitrogens is 1. The Kier molecular flexibility index (Phi) is 3.29. The van der Waals surface area contributed by atoms with Crippen LogP contribution in [0.3, 0.4) is 0 Å². The van der Waals surface area contributed by atoms with E-state index in [2.05, 4.69) is 11.6 Å². The summed E-state index contributed by atoms with van der Waals surface area (Å²) in [6, 6.07) is 3.51. The molecule has 1 aromatic carbocycles. The standard InChI is InChI=1S/C14H11F3N2/c1-7(2)12-13(17)10(15)6-9(14(12)18)8-3-4-19-11(16)5-8/h3-6H,1,18H2,2H3. The topological polar surface area (TPSA) is 38.9 Å². The van der Waals surface area contributed by atoms with Gasteiger partial charge in [-0.3, -0.25) is 0 Å². The van der Waals surface area contributed by atoms with Gasteiger partial charge in [-0.05, 0) is 30.2 Å². The molecule has 0 saturated carbocycles. The van der Waals surface area contributed by atoms with Gasteiger partial charge in [0, 0.05) is 23.4 Å². The third kappa shape index (κ3) is 2.31. The minimum Gasteiger partial charge on any atom is -0.398 e. The van der Waals surface area contributed by atoms with Gasteiger partial charge < -0.3 is 5.73 Å². The quantitative estimate of drug-likeness (QED) is 0.662. The summed E-state index contributed by atoms with van der Waals surface area (Å²) in [5.41, 5.74) is 6.59. The smallest absolute Gasteiger partial charge is 0.213 e. The summed E-state index contributed by atoms with van der Waals surface area (Å²) in [5, 5.41) is 0. The van der Waals surface area contributed by atoms with Crippen molar-refractivity contribution in [3.8, 4) is 11.1 Å². The molecule has 0 atom stereocenters. The SMILES string of the molecule is C=C(C)c1c(N)c(-c2ccnc(F)c2)cc(F)c1F. The monoisotopic (exact) mass is 264 g/mol. The zero-order valence-corrected chi connectivity index (χ0v) is 10.2. The molecule has 0 radical (unpaired) electrons. The second-order valence-corrected chi connectivity index (χ2v) is 4.16. The van der Waals surface area contributed by atoms with Crippen LogP contribution in [0.2, 0.25) is 0 Å². The first-order valence-corrected chi connectivity index (χ1v) is 5.47. The van der Waals surface area contributed by atoms with Crippen molar-refractivity contribution < 1.29 is 13.2 Å². The van der Waals surface area contributed by atoms with Gasteiger partial charge >= 0.3 is 0 Å². The molecule has 0 aliphatic heterocycles. The van der Waals surface area contributed by atoms with Gasteiger partial charge in [0.15, 0.2) is 11.6 Å². The normalized spacial score (nSPS) is 10.5. The van der Waals surface area contributed by atoms with Crippen molar-refractivity contribution in [1.82, 2.24) is 4.98 Å². The molecule has 98 valence electrons. The van der Waals surface area contributed by atoms with E-state index in [0.29, 0.717) is 11.1 Å². The van der Waals surface area contributed by atoms with E-state index in [1.165, 1.54) is 19.2 Å². The van der Waals surface area contributed by atoms with Crippen LogP contribution in [-0.2, 0) is 0 Å². The maximum absolute atomic E-state index is 13.7.